The summed E-state index contributed by atoms with van der Waals surface area (Å²) >= 11 is 9.23. The average molecular weight is 359 g/mol. The standard InChI is InChI=1S/C11H9BrClN5O2/c12-7-2-1-6(5-8(7)13)15-11-9(18(19)20)3-4-10(16-11)17-14/h1-5H,14H2,(H2,15,16,17). The molecule has 0 fully saturated rings. The van der Waals surface area contributed by atoms with Gasteiger partial charge in [-0.25, -0.2) is 10.8 Å². The fourth-order valence-corrected chi connectivity index (χ4v) is 1.91. The van der Waals surface area contributed by atoms with Gasteiger partial charge in [0.25, 0.3) is 0 Å². The molecule has 0 bridgehead atoms. The molecule has 0 saturated heterocycles. The van der Waals surface area contributed by atoms with E-state index in [2.05, 4.69) is 31.7 Å². The monoisotopic (exact) mass is 357 g/mol. The second-order valence-electron chi connectivity index (χ2n) is 3.72. The highest BCUT2D eigenvalue weighted by molar-refractivity contribution is 9.10. The minimum Gasteiger partial charge on any atom is -0.334 e. The smallest absolute Gasteiger partial charge is 0.311 e. The summed E-state index contributed by atoms with van der Waals surface area (Å²) in [6.07, 6.45) is 0. The number of pyridine rings is 1. The Labute approximate surface area is 127 Å². The number of anilines is 3. The topological polar surface area (TPSA) is 106 Å². The predicted molar refractivity (Wildman–Crippen MR) is 81.1 cm³/mol. The lowest BCUT2D eigenvalue weighted by Crippen LogP contribution is -2.10. The third-order valence-corrected chi connectivity index (χ3v) is 3.63. The SMILES string of the molecule is NNc1ccc([N+](=O)[O-])c(Nc2ccc(Br)c(Cl)c2)n1. The molecule has 0 aliphatic rings. The number of nitrogens with zero attached hydrogens (tertiary/aromatic N) is 2. The van der Waals surface area contributed by atoms with Crippen molar-refractivity contribution < 1.29 is 4.92 Å². The van der Waals surface area contributed by atoms with Gasteiger partial charge in [-0.1, -0.05) is 11.6 Å². The second kappa shape index (κ2) is 6.04. The lowest BCUT2D eigenvalue weighted by Gasteiger charge is -2.08. The Morgan fingerprint density at radius 3 is 2.70 bits per heavy atom. The van der Waals surface area contributed by atoms with Crippen LogP contribution < -0.4 is 16.6 Å². The molecule has 20 heavy (non-hydrogen) atoms. The first-order chi connectivity index (χ1) is 9.51. The number of halogens is 2. The van der Waals surface area contributed by atoms with Crippen molar-refractivity contribution in [1.29, 1.82) is 0 Å². The van der Waals surface area contributed by atoms with Gasteiger partial charge in [0.15, 0.2) is 0 Å². The minimum atomic E-state index is -0.532. The van der Waals surface area contributed by atoms with E-state index < -0.39 is 4.92 Å². The zero-order valence-electron chi connectivity index (χ0n) is 9.93. The number of nitrogens with two attached hydrogens (primary N) is 1. The van der Waals surface area contributed by atoms with Crippen LogP contribution in [0.3, 0.4) is 0 Å². The fourth-order valence-electron chi connectivity index (χ4n) is 1.48. The Hall–Kier alpha value is -1.90. The van der Waals surface area contributed by atoms with Crippen LogP contribution in [-0.4, -0.2) is 9.91 Å². The van der Waals surface area contributed by atoms with Gasteiger partial charge in [0.1, 0.15) is 5.82 Å². The van der Waals surface area contributed by atoms with Crippen LogP contribution in [-0.2, 0) is 0 Å². The summed E-state index contributed by atoms with van der Waals surface area (Å²) in [5, 5.41) is 14.3. The third-order valence-electron chi connectivity index (χ3n) is 2.40. The zero-order valence-corrected chi connectivity index (χ0v) is 12.3. The Morgan fingerprint density at radius 2 is 2.10 bits per heavy atom. The molecule has 104 valence electrons. The van der Waals surface area contributed by atoms with Crippen LogP contribution in [0.2, 0.25) is 5.02 Å². The second-order valence-corrected chi connectivity index (χ2v) is 4.98. The van der Waals surface area contributed by atoms with Crippen molar-refractivity contribution in [3.8, 4) is 0 Å². The number of nitrogens with one attached hydrogen (secondary N) is 2. The molecule has 0 saturated carbocycles. The maximum Gasteiger partial charge on any atom is 0.311 e. The number of nitro groups is 1. The first-order valence-electron chi connectivity index (χ1n) is 5.35. The molecule has 0 aliphatic heterocycles. The van der Waals surface area contributed by atoms with E-state index in [0.717, 1.165) is 4.47 Å². The van der Waals surface area contributed by atoms with Gasteiger partial charge in [0.05, 0.1) is 9.95 Å². The molecule has 0 unspecified atom stereocenters. The van der Waals surface area contributed by atoms with Crippen molar-refractivity contribution >= 4 is 50.5 Å². The summed E-state index contributed by atoms with van der Waals surface area (Å²) in [6.45, 7) is 0. The van der Waals surface area contributed by atoms with Crippen molar-refractivity contribution in [2.24, 2.45) is 5.84 Å². The molecule has 0 aliphatic carbocycles. The highest BCUT2D eigenvalue weighted by Gasteiger charge is 2.16. The van der Waals surface area contributed by atoms with Crippen LogP contribution in [0.1, 0.15) is 0 Å². The summed E-state index contributed by atoms with van der Waals surface area (Å²) < 4.78 is 0.726. The van der Waals surface area contributed by atoms with Gasteiger partial charge in [-0.3, -0.25) is 10.1 Å². The molecule has 0 amide bonds. The van der Waals surface area contributed by atoms with Crippen LogP contribution in [0.4, 0.5) is 23.0 Å². The summed E-state index contributed by atoms with van der Waals surface area (Å²) in [6, 6.07) is 7.79. The van der Waals surface area contributed by atoms with E-state index >= 15 is 0 Å². The quantitative estimate of drug-likeness (QED) is 0.439. The molecular formula is C11H9BrClN5O2. The molecule has 1 aromatic heterocycles. The molecule has 0 radical (unpaired) electrons. The Kier molecular flexibility index (Phi) is 4.38. The van der Waals surface area contributed by atoms with E-state index in [-0.39, 0.29) is 11.5 Å². The number of hydrogen-bond donors (Lipinski definition) is 3. The van der Waals surface area contributed by atoms with Crippen molar-refractivity contribution in [3.63, 3.8) is 0 Å². The van der Waals surface area contributed by atoms with Crippen molar-refractivity contribution in [3.05, 3.63) is 49.9 Å². The molecule has 2 rings (SSSR count). The fraction of sp³-hybridized carbons (Fsp3) is 0. The van der Waals surface area contributed by atoms with Crippen LogP contribution in [0.5, 0.6) is 0 Å². The molecule has 4 N–H and O–H groups in total. The van der Waals surface area contributed by atoms with Gasteiger partial charge in [-0.15, -0.1) is 0 Å². The van der Waals surface area contributed by atoms with Gasteiger partial charge in [-0.2, -0.15) is 0 Å². The molecule has 7 nitrogen and oxygen atoms in total. The zero-order chi connectivity index (χ0) is 14.7. The molecule has 0 spiro atoms. The summed E-state index contributed by atoms with van der Waals surface area (Å²) in [5.41, 5.74) is 2.74. The maximum atomic E-state index is 11.0. The van der Waals surface area contributed by atoms with Gasteiger partial charge in [-0.05, 0) is 40.2 Å². The van der Waals surface area contributed by atoms with Crippen molar-refractivity contribution in [1.82, 2.24) is 4.98 Å². The molecular weight excluding hydrogens is 350 g/mol. The summed E-state index contributed by atoms with van der Waals surface area (Å²) in [4.78, 5) is 14.5. The first kappa shape index (κ1) is 14.5. The highest BCUT2D eigenvalue weighted by Crippen LogP contribution is 2.30. The van der Waals surface area contributed by atoms with Gasteiger partial charge in [0.2, 0.25) is 5.82 Å². The Bertz CT molecular complexity index is 667. The average Bonchev–Trinajstić information content (AvgIpc) is 2.42. The van der Waals surface area contributed by atoms with E-state index in [1.807, 2.05) is 0 Å². The van der Waals surface area contributed by atoms with Crippen LogP contribution >= 0.6 is 27.5 Å². The van der Waals surface area contributed by atoms with Gasteiger partial charge >= 0.3 is 5.69 Å². The molecule has 2 aromatic rings. The van der Waals surface area contributed by atoms with E-state index in [1.165, 1.54) is 12.1 Å². The lowest BCUT2D eigenvalue weighted by atomic mass is 10.3. The number of hydrazine groups is 1. The largest absolute Gasteiger partial charge is 0.334 e. The maximum absolute atomic E-state index is 11.0. The number of aromatic nitrogens is 1. The first-order valence-corrected chi connectivity index (χ1v) is 6.52. The number of benzene rings is 1. The predicted octanol–water partition coefficient (Wildman–Crippen LogP) is 3.43. The molecule has 1 aromatic carbocycles. The van der Waals surface area contributed by atoms with E-state index in [4.69, 9.17) is 17.4 Å². The van der Waals surface area contributed by atoms with Crippen molar-refractivity contribution in [2.75, 3.05) is 10.7 Å². The van der Waals surface area contributed by atoms with E-state index in [1.54, 1.807) is 18.2 Å². The number of rotatable bonds is 4. The number of hydrogen-bond acceptors (Lipinski definition) is 6. The third kappa shape index (κ3) is 3.16. The molecule has 0 atom stereocenters. The Balaban J connectivity index is 2.40. The minimum absolute atomic E-state index is 0.0730. The molecule has 1 heterocycles. The van der Waals surface area contributed by atoms with Crippen LogP contribution in [0, 0.1) is 10.1 Å². The summed E-state index contributed by atoms with van der Waals surface area (Å²) in [7, 11) is 0. The van der Waals surface area contributed by atoms with E-state index in [9.17, 15) is 10.1 Å². The van der Waals surface area contributed by atoms with E-state index in [0.29, 0.717) is 16.5 Å². The van der Waals surface area contributed by atoms with Gasteiger partial charge in [0, 0.05) is 16.2 Å². The lowest BCUT2D eigenvalue weighted by molar-refractivity contribution is -0.384. The normalized spacial score (nSPS) is 10.2. The summed E-state index contributed by atoms with van der Waals surface area (Å²) in [5.74, 6) is 5.62. The van der Waals surface area contributed by atoms with Crippen molar-refractivity contribution in [2.45, 2.75) is 0 Å². The molecule has 9 heteroatoms. The number of nitrogen functional groups attached to an aromatic ring is 1. The highest BCUT2D eigenvalue weighted by atomic mass is 79.9. The van der Waals surface area contributed by atoms with Crippen LogP contribution in [0.25, 0.3) is 0 Å². The Morgan fingerprint density at radius 1 is 1.35 bits per heavy atom. The van der Waals surface area contributed by atoms with Crippen LogP contribution in [0.15, 0.2) is 34.8 Å². The van der Waals surface area contributed by atoms with Gasteiger partial charge < -0.3 is 10.7 Å².